The molecular formula is C43H37ClN6O3. The molecule has 0 atom stereocenters. The highest BCUT2D eigenvalue weighted by molar-refractivity contribution is 6.30. The van der Waals surface area contributed by atoms with E-state index >= 15 is 0 Å². The van der Waals surface area contributed by atoms with Crippen LogP contribution in [0.25, 0.3) is 33.8 Å². The number of aryl methyl sites for hydroxylation is 3. The van der Waals surface area contributed by atoms with Crippen LogP contribution < -0.4 is 24.8 Å². The topological polar surface area (TPSA) is 86.4 Å². The molecule has 264 valence electrons. The number of nitrogens with zero attached hydrogens (tertiary/aromatic N) is 4. The van der Waals surface area contributed by atoms with Crippen molar-refractivity contribution in [2.45, 2.75) is 20.8 Å². The van der Waals surface area contributed by atoms with Crippen LogP contribution in [0, 0.1) is 20.8 Å². The first kappa shape index (κ1) is 33.7. The van der Waals surface area contributed by atoms with Crippen molar-refractivity contribution in [1.29, 1.82) is 0 Å². The summed E-state index contributed by atoms with van der Waals surface area (Å²) < 4.78 is 22.1. The Morgan fingerprint density at radius 3 is 1.87 bits per heavy atom. The van der Waals surface area contributed by atoms with E-state index in [0.717, 1.165) is 79.4 Å². The molecule has 4 aromatic heterocycles. The average Bonchev–Trinajstić information content (AvgIpc) is 3.72. The number of halogens is 1. The van der Waals surface area contributed by atoms with Gasteiger partial charge in [0.2, 0.25) is 0 Å². The number of aromatic nitrogens is 4. The molecule has 0 fully saturated rings. The zero-order valence-electron chi connectivity index (χ0n) is 29.9. The summed E-state index contributed by atoms with van der Waals surface area (Å²) >= 11 is 6.45. The third kappa shape index (κ3) is 6.36. The number of pyridine rings is 2. The lowest BCUT2D eigenvalue weighted by atomic mass is 10.1. The molecule has 0 saturated carbocycles. The molecule has 9 nitrogen and oxygen atoms in total. The fourth-order valence-corrected chi connectivity index (χ4v) is 6.64. The lowest BCUT2D eigenvalue weighted by Crippen LogP contribution is -2.03. The highest BCUT2D eigenvalue weighted by Gasteiger charge is 2.21. The molecule has 4 aromatic carbocycles. The second-order valence-corrected chi connectivity index (χ2v) is 13.2. The summed E-state index contributed by atoms with van der Waals surface area (Å²) in [6.07, 6.45) is 1.86. The number of hydrogen-bond acceptors (Lipinski definition) is 7. The number of benzene rings is 4. The first-order chi connectivity index (χ1) is 25.8. The lowest BCUT2D eigenvalue weighted by molar-refractivity contribution is 0.377. The summed E-state index contributed by atoms with van der Waals surface area (Å²) in [4.78, 5) is 10.1. The Bertz CT molecular complexity index is 2630. The van der Waals surface area contributed by atoms with Gasteiger partial charge < -0.3 is 24.8 Å². The standard InChI is InChI=1S/C43H37ClN6O3/c1-26-10-6-8-12-33(26)45-42-41(47-38-22-17-31(44)25-49(38)42)30-16-20-36(37(24-30)52-5)53-35-21-23-39-48-40(29-14-18-32(51-4)19-15-29)43(50(39)28(35)3)46-34-13-9-7-11-27(34)2/h6-25,45-46H,1-5H3. The maximum absolute atomic E-state index is 6.64. The van der Waals surface area contributed by atoms with Crippen molar-refractivity contribution >= 4 is 45.9 Å². The highest BCUT2D eigenvalue weighted by Crippen LogP contribution is 2.41. The number of hydrogen-bond donors (Lipinski definition) is 2. The van der Waals surface area contributed by atoms with Gasteiger partial charge >= 0.3 is 0 Å². The van der Waals surface area contributed by atoms with Crippen molar-refractivity contribution in [2.24, 2.45) is 0 Å². The first-order valence-corrected chi connectivity index (χ1v) is 17.5. The molecule has 8 aromatic rings. The molecule has 0 aliphatic rings. The molecule has 10 heteroatoms. The second kappa shape index (κ2) is 13.9. The molecule has 2 N–H and O–H groups in total. The molecule has 0 aliphatic carbocycles. The maximum Gasteiger partial charge on any atom is 0.169 e. The van der Waals surface area contributed by atoms with Crippen LogP contribution in [-0.4, -0.2) is 33.0 Å². The summed E-state index contributed by atoms with van der Waals surface area (Å²) in [5.41, 5.74) is 9.93. The largest absolute Gasteiger partial charge is 0.497 e. The van der Waals surface area contributed by atoms with E-state index in [2.05, 4.69) is 47.1 Å². The second-order valence-electron chi connectivity index (χ2n) is 12.7. The van der Waals surface area contributed by atoms with Gasteiger partial charge in [0.15, 0.2) is 11.5 Å². The van der Waals surface area contributed by atoms with Crippen LogP contribution in [0.3, 0.4) is 0 Å². The third-order valence-corrected chi connectivity index (χ3v) is 9.60. The van der Waals surface area contributed by atoms with Crippen LogP contribution in [0.2, 0.25) is 5.02 Å². The van der Waals surface area contributed by atoms with Crippen molar-refractivity contribution in [3.05, 3.63) is 143 Å². The van der Waals surface area contributed by atoms with Crippen LogP contribution in [0.5, 0.6) is 23.0 Å². The SMILES string of the molecule is COc1ccc(-c2nc3ccc(Oc4ccc(-c5nc6ccc(Cl)cn6c5Nc5ccccc5C)cc4OC)c(C)n3c2Nc2ccccc2C)cc1. The van der Waals surface area contributed by atoms with Crippen LogP contribution in [0.4, 0.5) is 23.0 Å². The van der Waals surface area contributed by atoms with E-state index in [9.17, 15) is 0 Å². The molecule has 0 aliphatic heterocycles. The molecule has 8 rings (SSSR count). The molecule has 0 saturated heterocycles. The number of fused-ring (bicyclic) bond motifs is 2. The average molecular weight is 721 g/mol. The minimum absolute atomic E-state index is 0.557. The van der Waals surface area contributed by atoms with E-state index in [-0.39, 0.29) is 0 Å². The van der Waals surface area contributed by atoms with Crippen LogP contribution in [0.1, 0.15) is 16.8 Å². The van der Waals surface area contributed by atoms with Gasteiger partial charge in [-0.1, -0.05) is 48.0 Å². The Kier molecular flexibility index (Phi) is 8.85. The Labute approximate surface area is 312 Å². The van der Waals surface area contributed by atoms with Gasteiger partial charge in [-0.25, -0.2) is 9.97 Å². The fourth-order valence-electron chi connectivity index (χ4n) is 6.48. The summed E-state index contributed by atoms with van der Waals surface area (Å²) in [5, 5.41) is 7.88. The lowest BCUT2D eigenvalue weighted by Gasteiger charge is -2.17. The van der Waals surface area contributed by atoms with E-state index in [0.29, 0.717) is 22.3 Å². The van der Waals surface area contributed by atoms with Gasteiger partial charge in [-0.05, 0) is 111 Å². The van der Waals surface area contributed by atoms with E-state index in [1.807, 2.05) is 115 Å². The summed E-state index contributed by atoms with van der Waals surface area (Å²) in [6.45, 7) is 6.17. The van der Waals surface area contributed by atoms with Gasteiger partial charge in [0.1, 0.15) is 45.8 Å². The van der Waals surface area contributed by atoms with Crippen molar-refractivity contribution in [2.75, 3.05) is 24.9 Å². The highest BCUT2D eigenvalue weighted by atomic mass is 35.5. The van der Waals surface area contributed by atoms with Crippen LogP contribution in [0.15, 0.2) is 121 Å². The molecule has 53 heavy (non-hydrogen) atoms. The number of anilines is 4. The molecule has 4 heterocycles. The fraction of sp³-hybridized carbons (Fsp3) is 0.116. The summed E-state index contributed by atoms with van der Waals surface area (Å²) in [7, 11) is 3.30. The quantitative estimate of drug-likeness (QED) is 0.145. The van der Waals surface area contributed by atoms with Gasteiger partial charge in [-0.2, -0.15) is 0 Å². The zero-order valence-corrected chi connectivity index (χ0v) is 30.7. The predicted molar refractivity (Wildman–Crippen MR) is 213 cm³/mol. The van der Waals surface area contributed by atoms with E-state index in [4.69, 9.17) is 35.8 Å². The monoisotopic (exact) mass is 720 g/mol. The molecular weight excluding hydrogens is 684 g/mol. The summed E-state index contributed by atoms with van der Waals surface area (Å²) in [6, 6.07) is 37.7. The maximum atomic E-state index is 6.64. The number of rotatable bonds is 10. The molecule has 0 bridgehead atoms. The van der Waals surface area contributed by atoms with Crippen molar-refractivity contribution in [3.8, 4) is 45.5 Å². The van der Waals surface area contributed by atoms with Gasteiger partial charge in [-0.15, -0.1) is 0 Å². The third-order valence-electron chi connectivity index (χ3n) is 9.38. The van der Waals surface area contributed by atoms with Gasteiger partial charge in [-0.3, -0.25) is 8.80 Å². The van der Waals surface area contributed by atoms with Gasteiger partial charge in [0.25, 0.3) is 0 Å². The minimum atomic E-state index is 0.557. The Morgan fingerprint density at radius 2 is 1.19 bits per heavy atom. The number of methoxy groups -OCH3 is 2. The van der Waals surface area contributed by atoms with Gasteiger partial charge in [0, 0.05) is 28.7 Å². The van der Waals surface area contributed by atoms with E-state index < -0.39 is 0 Å². The summed E-state index contributed by atoms with van der Waals surface area (Å²) in [5.74, 6) is 4.16. The Hall–Kier alpha value is -6.45. The van der Waals surface area contributed by atoms with Crippen molar-refractivity contribution < 1.29 is 14.2 Å². The van der Waals surface area contributed by atoms with Crippen molar-refractivity contribution in [1.82, 2.24) is 18.8 Å². The minimum Gasteiger partial charge on any atom is -0.497 e. The molecule has 0 unspecified atom stereocenters. The Balaban J connectivity index is 1.20. The first-order valence-electron chi connectivity index (χ1n) is 17.2. The zero-order chi connectivity index (χ0) is 36.6. The number of para-hydroxylation sites is 2. The van der Waals surface area contributed by atoms with Crippen LogP contribution in [-0.2, 0) is 0 Å². The molecule has 0 amide bonds. The van der Waals surface area contributed by atoms with Gasteiger partial charge in [0.05, 0.1) is 24.9 Å². The predicted octanol–water partition coefficient (Wildman–Crippen LogP) is 11.2. The van der Waals surface area contributed by atoms with E-state index in [1.54, 1.807) is 14.2 Å². The van der Waals surface area contributed by atoms with Crippen LogP contribution >= 0.6 is 11.6 Å². The Morgan fingerprint density at radius 1 is 0.585 bits per heavy atom. The number of nitrogens with one attached hydrogen (secondary N) is 2. The normalized spacial score (nSPS) is 11.2. The number of ether oxygens (including phenoxy) is 3. The number of imidazole rings is 2. The molecule has 0 radical (unpaired) electrons. The molecule has 0 spiro atoms. The van der Waals surface area contributed by atoms with E-state index in [1.165, 1.54) is 0 Å². The van der Waals surface area contributed by atoms with Crippen molar-refractivity contribution in [3.63, 3.8) is 0 Å². The smallest absolute Gasteiger partial charge is 0.169 e.